The second kappa shape index (κ2) is 10.2. The average molecular weight is 577 g/mol. The molecule has 1 saturated carbocycles. The molecule has 1 aromatic heterocycles. The van der Waals surface area contributed by atoms with Crippen LogP contribution in [0.25, 0.3) is 10.9 Å². The third kappa shape index (κ3) is 5.19. The summed E-state index contributed by atoms with van der Waals surface area (Å²) in [6.45, 7) is 1.46. The van der Waals surface area contributed by atoms with Crippen molar-refractivity contribution in [2.24, 2.45) is 5.10 Å². The van der Waals surface area contributed by atoms with Crippen molar-refractivity contribution in [2.45, 2.75) is 51.0 Å². The topological polar surface area (TPSA) is 93.8 Å². The zero-order valence-corrected chi connectivity index (χ0v) is 21.2. The van der Waals surface area contributed by atoms with Crippen LogP contribution in [0.1, 0.15) is 56.3 Å². The molecule has 9 heteroatoms. The number of carboxylic acids is 1. The minimum absolute atomic E-state index is 0.189. The first-order valence-electron chi connectivity index (χ1n) is 10.8. The molecule has 0 radical (unpaired) electrons. The van der Waals surface area contributed by atoms with Crippen LogP contribution in [0.4, 0.5) is 0 Å². The standard InChI is InChI=1S/C24H23Br2N3O4/c1-14(24(31)32)33-21-18(25)11-15(12-19(21)26)13-27-29-22(16-7-3-2-4-8-16)28-20-10-6-5-9-17(20)23(29)30/h5-6,9-14,16H,2-4,7-8H2,1H3,(H,31,32)/t14-/m0/s1. The van der Waals surface area contributed by atoms with Crippen molar-refractivity contribution < 1.29 is 14.6 Å². The van der Waals surface area contributed by atoms with E-state index in [1.807, 2.05) is 18.2 Å². The van der Waals surface area contributed by atoms with Gasteiger partial charge in [-0.2, -0.15) is 9.78 Å². The molecule has 1 aliphatic rings. The van der Waals surface area contributed by atoms with Crippen LogP contribution < -0.4 is 10.3 Å². The Morgan fingerprint density at radius 2 is 1.88 bits per heavy atom. The first-order chi connectivity index (χ1) is 15.8. The Morgan fingerprint density at radius 3 is 2.55 bits per heavy atom. The molecule has 2 aromatic carbocycles. The van der Waals surface area contributed by atoms with E-state index in [-0.39, 0.29) is 11.5 Å². The maximum absolute atomic E-state index is 13.3. The molecule has 1 N–H and O–H groups in total. The number of benzene rings is 2. The van der Waals surface area contributed by atoms with Crippen LogP contribution in [0.15, 0.2) is 55.2 Å². The fourth-order valence-electron chi connectivity index (χ4n) is 4.00. The van der Waals surface area contributed by atoms with Crippen LogP contribution in [-0.4, -0.2) is 33.1 Å². The number of carbonyl (C=O) groups is 1. The van der Waals surface area contributed by atoms with Gasteiger partial charge in [-0.05, 0) is 81.5 Å². The van der Waals surface area contributed by atoms with Gasteiger partial charge in [-0.15, -0.1) is 0 Å². The van der Waals surface area contributed by atoms with Gasteiger partial charge < -0.3 is 9.84 Å². The highest BCUT2D eigenvalue weighted by Gasteiger charge is 2.22. The average Bonchev–Trinajstić information content (AvgIpc) is 2.81. The maximum atomic E-state index is 13.3. The summed E-state index contributed by atoms with van der Waals surface area (Å²) in [5.74, 6) is 0.218. The van der Waals surface area contributed by atoms with Gasteiger partial charge in [0, 0.05) is 5.92 Å². The van der Waals surface area contributed by atoms with Crippen molar-refractivity contribution >= 4 is 54.9 Å². The number of halogens is 2. The van der Waals surface area contributed by atoms with E-state index in [2.05, 4.69) is 37.0 Å². The predicted octanol–water partition coefficient (Wildman–Crippen LogP) is 5.70. The zero-order chi connectivity index (χ0) is 23.5. The first-order valence-corrected chi connectivity index (χ1v) is 12.4. The van der Waals surface area contributed by atoms with E-state index in [0.29, 0.717) is 37.0 Å². The molecular formula is C24H23Br2N3O4. The maximum Gasteiger partial charge on any atom is 0.344 e. The largest absolute Gasteiger partial charge is 0.479 e. The molecule has 172 valence electrons. The molecule has 0 bridgehead atoms. The minimum atomic E-state index is -1.06. The molecule has 0 amide bonds. The monoisotopic (exact) mass is 575 g/mol. The third-order valence-electron chi connectivity index (χ3n) is 5.73. The lowest BCUT2D eigenvalue weighted by molar-refractivity contribution is -0.144. The van der Waals surface area contributed by atoms with Crippen LogP contribution in [0.3, 0.4) is 0 Å². The summed E-state index contributed by atoms with van der Waals surface area (Å²) in [6, 6.07) is 10.9. The fourth-order valence-corrected chi connectivity index (χ4v) is 5.40. The summed E-state index contributed by atoms with van der Waals surface area (Å²) in [5, 5.41) is 14.2. The third-order valence-corrected chi connectivity index (χ3v) is 6.91. The van der Waals surface area contributed by atoms with Gasteiger partial charge in [0.2, 0.25) is 0 Å². The number of ether oxygens (including phenoxy) is 1. The van der Waals surface area contributed by atoms with Crippen molar-refractivity contribution in [3.63, 3.8) is 0 Å². The Bertz CT molecular complexity index is 1260. The lowest BCUT2D eigenvalue weighted by atomic mass is 9.88. The molecule has 1 heterocycles. The summed E-state index contributed by atoms with van der Waals surface area (Å²) in [7, 11) is 0. The molecule has 1 fully saturated rings. The zero-order valence-electron chi connectivity index (χ0n) is 18.0. The number of nitrogens with zero attached hydrogens (tertiary/aromatic N) is 3. The number of aliphatic carboxylic acids is 1. The number of para-hydroxylation sites is 1. The van der Waals surface area contributed by atoms with Crippen LogP contribution >= 0.6 is 31.9 Å². The second-order valence-corrected chi connectivity index (χ2v) is 9.80. The molecule has 0 aliphatic heterocycles. The predicted molar refractivity (Wildman–Crippen MR) is 134 cm³/mol. The Hall–Kier alpha value is -2.52. The Morgan fingerprint density at radius 1 is 1.21 bits per heavy atom. The lowest BCUT2D eigenvalue weighted by Gasteiger charge is -2.22. The molecular weight excluding hydrogens is 554 g/mol. The van der Waals surface area contributed by atoms with Crippen molar-refractivity contribution in [3.8, 4) is 5.75 Å². The van der Waals surface area contributed by atoms with Crippen molar-refractivity contribution in [2.75, 3.05) is 0 Å². The number of fused-ring (bicyclic) bond motifs is 1. The molecule has 0 spiro atoms. The molecule has 4 rings (SSSR count). The molecule has 0 unspecified atom stereocenters. The molecule has 1 aliphatic carbocycles. The van der Waals surface area contributed by atoms with E-state index in [4.69, 9.17) is 14.8 Å². The van der Waals surface area contributed by atoms with Crippen LogP contribution in [-0.2, 0) is 4.79 Å². The van der Waals surface area contributed by atoms with Gasteiger partial charge in [-0.1, -0.05) is 31.4 Å². The lowest BCUT2D eigenvalue weighted by Crippen LogP contribution is -2.25. The molecule has 33 heavy (non-hydrogen) atoms. The minimum Gasteiger partial charge on any atom is -0.479 e. The number of carboxylic acid groups (broad SMARTS) is 1. The summed E-state index contributed by atoms with van der Waals surface area (Å²) in [6.07, 6.45) is 6.02. The molecule has 1 atom stereocenters. The highest BCUT2D eigenvalue weighted by atomic mass is 79.9. The summed E-state index contributed by atoms with van der Waals surface area (Å²) < 4.78 is 8.09. The summed E-state index contributed by atoms with van der Waals surface area (Å²) >= 11 is 6.87. The van der Waals surface area contributed by atoms with Gasteiger partial charge in [0.1, 0.15) is 11.6 Å². The molecule has 7 nitrogen and oxygen atoms in total. The Balaban J connectivity index is 1.74. The van der Waals surface area contributed by atoms with Gasteiger partial charge >= 0.3 is 5.97 Å². The van der Waals surface area contributed by atoms with Crippen molar-refractivity contribution in [1.29, 1.82) is 0 Å². The van der Waals surface area contributed by atoms with Gasteiger partial charge in [0.05, 0.1) is 26.1 Å². The summed E-state index contributed by atoms with van der Waals surface area (Å²) in [5.41, 5.74) is 1.21. The van der Waals surface area contributed by atoms with Crippen LogP contribution in [0, 0.1) is 0 Å². The van der Waals surface area contributed by atoms with E-state index in [9.17, 15) is 9.59 Å². The summed E-state index contributed by atoms with van der Waals surface area (Å²) in [4.78, 5) is 29.3. The smallest absolute Gasteiger partial charge is 0.344 e. The Kier molecular flexibility index (Phi) is 7.29. The van der Waals surface area contributed by atoms with Gasteiger partial charge in [-0.25, -0.2) is 9.78 Å². The van der Waals surface area contributed by atoms with E-state index >= 15 is 0 Å². The SMILES string of the molecule is C[C@H](Oc1c(Br)cc(C=Nn2c(C3CCCCC3)nc3ccccc3c2=O)cc1Br)C(=O)O. The first kappa shape index (κ1) is 23.6. The van der Waals surface area contributed by atoms with Crippen LogP contribution in [0.5, 0.6) is 5.75 Å². The molecule has 3 aromatic rings. The van der Waals surface area contributed by atoms with Crippen molar-refractivity contribution in [3.05, 3.63) is 67.1 Å². The normalized spacial score (nSPS) is 15.7. The highest BCUT2D eigenvalue weighted by molar-refractivity contribution is 9.11. The van der Waals surface area contributed by atoms with E-state index in [0.717, 1.165) is 25.7 Å². The quantitative estimate of drug-likeness (QED) is 0.380. The van der Waals surface area contributed by atoms with E-state index in [1.54, 1.807) is 24.4 Å². The highest BCUT2D eigenvalue weighted by Crippen LogP contribution is 2.35. The van der Waals surface area contributed by atoms with Gasteiger partial charge in [0.15, 0.2) is 6.10 Å². The number of hydrogen-bond acceptors (Lipinski definition) is 5. The number of hydrogen-bond donors (Lipinski definition) is 1. The molecule has 0 saturated heterocycles. The van der Waals surface area contributed by atoms with E-state index in [1.165, 1.54) is 18.0 Å². The second-order valence-electron chi connectivity index (χ2n) is 8.10. The van der Waals surface area contributed by atoms with Crippen LogP contribution in [0.2, 0.25) is 0 Å². The number of aromatic nitrogens is 2. The van der Waals surface area contributed by atoms with Gasteiger partial charge in [-0.3, -0.25) is 4.79 Å². The van der Waals surface area contributed by atoms with Gasteiger partial charge in [0.25, 0.3) is 5.56 Å². The van der Waals surface area contributed by atoms with E-state index < -0.39 is 12.1 Å². The van der Waals surface area contributed by atoms with Crippen molar-refractivity contribution in [1.82, 2.24) is 9.66 Å². The number of rotatable bonds is 6. The fraction of sp³-hybridized carbons (Fsp3) is 0.333. The Labute approximate surface area is 207 Å².